The van der Waals surface area contributed by atoms with Crippen LogP contribution in [-0.2, 0) is 4.79 Å². The average molecular weight is 373 g/mol. The van der Waals surface area contributed by atoms with Gasteiger partial charge in [0.15, 0.2) is 6.61 Å². The van der Waals surface area contributed by atoms with Gasteiger partial charge in [-0.2, -0.15) is 0 Å². The summed E-state index contributed by atoms with van der Waals surface area (Å²) in [5, 5.41) is 2.81. The van der Waals surface area contributed by atoms with Crippen molar-refractivity contribution in [2.24, 2.45) is 0 Å². The molecule has 1 amide bonds. The molecule has 0 bridgehead atoms. The molecule has 1 heterocycles. The first-order valence-corrected chi connectivity index (χ1v) is 8.85. The lowest BCUT2D eigenvalue weighted by Gasteiger charge is -2.34. The summed E-state index contributed by atoms with van der Waals surface area (Å²) >= 11 is 0. The van der Waals surface area contributed by atoms with Gasteiger partial charge in [0.1, 0.15) is 17.3 Å². The zero-order valence-corrected chi connectivity index (χ0v) is 15.6. The molecule has 7 heteroatoms. The highest BCUT2D eigenvalue weighted by molar-refractivity contribution is 5.94. The molecule has 2 aromatic carbocycles. The Morgan fingerprint density at radius 1 is 1.15 bits per heavy atom. The zero-order valence-electron chi connectivity index (χ0n) is 15.6. The third-order valence-corrected chi connectivity index (χ3v) is 4.49. The van der Waals surface area contributed by atoms with Crippen molar-refractivity contribution in [3.05, 3.63) is 48.3 Å². The number of rotatable bonds is 6. The van der Waals surface area contributed by atoms with Crippen LogP contribution in [0.3, 0.4) is 0 Å². The minimum atomic E-state index is -0.408. The molecular weight excluding hydrogens is 349 g/mol. The van der Waals surface area contributed by atoms with Crippen molar-refractivity contribution in [1.82, 2.24) is 4.90 Å². The standard InChI is InChI=1S/C20H24FN3O3/c1-23-8-10-24(11-9-23)16-6-7-19(26-2)18(13-16)22-20(25)14-27-17-5-3-4-15(21)12-17/h3-7,12-13H,8-11,14H2,1-2H3,(H,22,25). The van der Waals surface area contributed by atoms with Crippen LogP contribution in [0.4, 0.5) is 15.8 Å². The first-order valence-electron chi connectivity index (χ1n) is 8.85. The number of halogens is 1. The van der Waals surface area contributed by atoms with E-state index in [2.05, 4.69) is 22.2 Å². The fourth-order valence-electron chi connectivity index (χ4n) is 2.95. The lowest BCUT2D eigenvalue weighted by molar-refractivity contribution is -0.118. The third-order valence-electron chi connectivity index (χ3n) is 4.49. The SMILES string of the molecule is COc1ccc(N2CCN(C)CC2)cc1NC(=O)COc1cccc(F)c1. The van der Waals surface area contributed by atoms with Crippen LogP contribution in [0.1, 0.15) is 0 Å². The normalized spacial score (nSPS) is 14.7. The van der Waals surface area contributed by atoms with Crippen molar-refractivity contribution in [2.75, 3.05) is 57.2 Å². The Morgan fingerprint density at radius 2 is 1.93 bits per heavy atom. The summed E-state index contributed by atoms with van der Waals surface area (Å²) in [6, 6.07) is 11.4. The Hall–Kier alpha value is -2.80. The molecule has 1 fully saturated rings. The molecule has 0 aliphatic carbocycles. The second-order valence-electron chi connectivity index (χ2n) is 6.47. The lowest BCUT2D eigenvalue weighted by Crippen LogP contribution is -2.44. The van der Waals surface area contributed by atoms with E-state index in [9.17, 15) is 9.18 Å². The highest BCUT2D eigenvalue weighted by Crippen LogP contribution is 2.30. The van der Waals surface area contributed by atoms with E-state index in [1.165, 1.54) is 18.2 Å². The van der Waals surface area contributed by atoms with Crippen molar-refractivity contribution >= 4 is 17.3 Å². The molecule has 3 rings (SSSR count). The maximum Gasteiger partial charge on any atom is 0.262 e. The number of piperazine rings is 1. The Morgan fingerprint density at radius 3 is 2.63 bits per heavy atom. The number of nitrogens with zero attached hydrogens (tertiary/aromatic N) is 2. The van der Waals surface area contributed by atoms with Gasteiger partial charge in [-0.3, -0.25) is 4.79 Å². The van der Waals surface area contributed by atoms with Crippen molar-refractivity contribution < 1.29 is 18.7 Å². The topological polar surface area (TPSA) is 54.0 Å². The summed E-state index contributed by atoms with van der Waals surface area (Å²) in [5.74, 6) is 0.137. The highest BCUT2D eigenvalue weighted by atomic mass is 19.1. The lowest BCUT2D eigenvalue weighted by atomic mass is 10.2. The summed E-state index contributed by atoms with van der Waals surface area (Å²) < 4.78 is 23.9. The number of hydrogen-bond donors (Lipinski definition) is 1. The minimum Gasteiger partial charge on any atom is -0.495 e. The summed E-state index contributed by atoms with van der Waals surface area (Å²) in [6.07, 6.45) is 0. The van der Waals surface area contributed by atoms with E-state index < -0.39 is 5.82 Å². The van der Waals surface area contributed by atoms with E-state index in [1.807, 2.05) is 18.2 Å². The number of benzene rings is 2. The van der Waals surface area contributed by atoms with Gasteiger partial charge in [0.25, 0.3) is 5.91 Å². The van der Waals surface area contributed by atoms with Gasteiger partial charge in [0, 0.05) is 37.9 Å². The molecule has 1 N–H and O–H groups in total. The van der Waals surface area contributed by atoms with E-state index in [0.717, 1.165) is 31.9 Å². The van der Waals surface area contributed by atoms with Gasteiger partial charge in [-0.15, -0.1) is 0 Å². The molecule has 0 radical (unpaired) electrons. The third kappa shape index (κ3) is 5.10. The number of amides is 1. The van der Waals surface area contributed by atoms with E-state index >= 15 is 0 Å². The van der Waals surface area contributed by atoms with Crippen molar-refractivity contribution in [1.29, 1.82) is 0 Å². The summed E-state index contributed by atoms with van der Waals surface area (Å²) in [5.41, 5.74) is 1.62. The molecule has 1 aliphatic heterocycles. The second-order valence-corrected chi connectivity index (χ2v) is 6.47. The predicted octanol–water partition coefficient (Wildman–Crippen LogP) is 2.60. The molecule has 1 saturated heterocycles. The second kappa shape index (κ2) is 8.73. The quantitative estimate of drug-likeness (QED) is 0.844. The Balaban J connectivity index is 1.65. The smallest absolute Gasteiger partial charge is 0.262 e. The minimum absolute atomic E-state index is 0.217. The van der Waals surface area contributed by atoms with Crippen LogP contribution in [0.5, 0.6) is 11.5 Å². The molecule has 0 aromatic heterocycles. The number of likely N-dealkylation sites (N-methyl/N-ethyl adjacent to an activating group) is 1. The van der Waals surface area contributed by atoms with Crippen molar-refractivity contribution in [2.45, 2.75) is 0 Å². The van der Waals surface area contributed by atoms with E-state index in [0.29, 0.717) is 17.2 Å². The first-order chi connectivity index (χ1) is 13.0. The first kappa shape index (κ1) is 19.0. The maximum absolute atomic E-state index is 13.2. The molecule has 2 aromatic rings. The summed E-state index contributed by atoms with van der Waals surface area (Å²) in [7, 11) is 3.67. The molecule has 144 valence electrons. The maximum atomic E-state index is 13.2. The van der Waals surface area contributed by atoms with Crippen molar-refractivity contribution in [3.63, 3.8) is 0 Å². The van der Waals surface area contributed by atoms with Gasteiger partial charge >= 0.3 is 0 Å². The van der Waals surface area contributed by atoms with Gasteiger partial charge in [-0.1, -0.05) is 6.07 Å². The van der Waals surface area contributed by atoms with Gasteiger partial charge in [-0.05, 0) is 37.4 Å². The van der Waals surface area contributed by atoms with Gasteiger partial charge < -0.3 is 24.6 Å². The number of nitrogens with one attached hydrogen (secondary N) is 1. The number of anilines is 2. The number of hydrogen-bond acceptors (Lipinski definition) is 5. The summed E-state index contributed by atoms with van der Waals surface area (Å²) in [4.78, 5) is 16.8. The monoisotopic (exact) mass is 373 g/mol. The fraction of sp³-hybridized carbons (Fsp3) is 0.350. The van der Waals surface area contributed by atoms with Crippen molar-refractivity contribution in [3.8, 4) is 11.5 Å². The molecule has 1 aliphatic rings. The molecule has 6 nitrogen and oxygen atoms in total. The van der Waals surface area contributed by atoms with Crippen LogP contribution >= 0.6 is 0 Å². The molecule has 0 spiro atoms. The Kier molecular flexibility index (Phi) is 6.13. The van der Waals surface area contributed by atoms with Gasteiger partial charge in [-0.25, -0.2) is 4.39 Å². The average Bonchev–Trinajstić information content (AvgIpc) is 2.67. The molecule has 27 heavy (non-hydrogen) atoms. The van der Waals surface area contributed by atoms with Crippen LogP contribution in [0.2, 0.25) is 0 Å². The number of carbonyl (C=O) groups excluding carboxylic acids is 1. The Labute approximate surface area is 158 Å². The van der Waals surface area contributed by atoms with Crippen LogP contribution < -0.4 is 19.7 Å². The van der Waals surface area contributed by atoms with E-state index in [4.69, 9.17) is 9.47 Å². The molecule has 0 saturated carbocycles. The fourth-order valence-corrected chi connectivity index (χ4v) is 2.95. The number of methoxy groups -OCH3 is 1. The van der Waals surface area contributed by atoms with Crippen LogP contribution in [0.15, 0.2) is 42.5 Å². The predicted molar refractivity (Wildman–Crippen MR) is 103 cm³/mol. The molecule has 0 atom stereocenters. The van der Waals surface area contributed by atoms with Gasteiger partial charge in [0.2, 0.25) is 0 Å². The van der Waals surface area contributed by atoms with Crippen LogP contribution in [0, 0.1) is 5.82 Å². The van der Waals surface area contributed by atoms with E-state index in [1.54, 1.807) is 13.2 Å². The van der Waals surface area contributed by atoms with Crippen LogP contribution in [0.25, 0.3) is 0 Å². The highest BCUT2D eigenvalue weighted by Gasteiger charge is 2.17. The molecule has 0 unspecified atom stereocenters. The Bertz CT molecular complexity index is 792. The number of carbonyl (C=O) groups is 1. The molecular formula is C20H24FN3O3. The summed E-state index contributed by atoms with van der Waals surface area (Å²) in [6.45, 7) is 3.63. The van der Waals surface area contributed by atoms with Crippen LogP contribution in [-0.4, -0.2) is 57.8 Å². The van der Waals surface area contributed by atoms with E-state index in [-0.39, 0.29) is 12.5 Å². The zero-order chi connectivity index (χ0) is 19.2. The largest absolute Gasteiger partial charge is 0.495 e. The van der Waals surface area contributed by atoms with Gasteiger partial charge in [0.05, 0.1) is 12.8 Å². The number of ether oxygens (including phenoxy) is 2.